The Morgan fingerprint density at radius 1 is 1.22 bits per heavy atom. The van der Waals surface area contributed by atoms with E-state index in [-0.39, 0.29) is 17.4 Å². The highest BCUT2D eigenvalue weighted by atomic mass is 32.1. The molecule has 0 bridgehead atoms. The number of thiazole rings is 1. The lowest BCUT2D eigenvalue weighted by atomic mass is 9.92. The Bertz CT molecular complexity index is 766. The molecule has 180 valence electrons. The first-order valence-electron chi connectivity index (χ1n) is 11.5. The average molecular weight is 462 g/mol. The van der Waals surface area contributed by atoms with Crippen LogP contribution in [0.25, 0.3) is 10.4 Å². The Labute approximate surface area is 199 Å². The Morgan fingerprint density at radius 3 is 2.22 bits per heavy atom. The van der Waals surface area contributed by atoms with Crippen LogP contribution in [0.5, 0.6) is 0 Å². The van der Waals surface area contributed by atoms with E-state index in [2.05, 4.69) is 63.9 Å². The summed E-state index contributed by atoms with van der Waals surface area (Å²) < 4.78 is 0. The van der Waals surface area contributed by atoms with Crippen molar-refractivity contribution in [2.45, 2.75) is 80.2 Å². The third-order valence-corrected chi connectivity index (χ3v) is 5.74. The number of nitrogens with zero attached hydrogens (tertiary/aromatic N) is 2. The fourth-order valence-corrected chi connectivity index (χ4v) is 4.08. The molecule has 1 fully saturated rings. The highest BCUT2D eigenvalue weighted by Crippen LogP contribution is 2.27. The van der Waals surface area contributed by atoms with E-state index in [1.165, 1.54) is 28.8 Å². The molecule has 1 saturated heterocycles. The van der Waals surface area contributed by atoms with Gasteiger partial charge in [0.25, 0.3) is 0 Å². The van der Waals surface area contributed by atoms with Gasteiger partial charge in [0.15, 0.2) is 0 Å². The van der Waals surface area contributed by atoms with Gasteiger partial charge in [-0.2, -0.15) is 0 Å². The lowest BCUT2D eigenvalue weighted by molar-refractivity contribution is -0.132. The summed E-state index contributed by atoms with van der Waals surface area (Å²) in [6, 6.07) is 9.04. The molecule has 0 saturated carbocycles. The molecule has 2 aromatic rings. The zero-order valence-electron chi connectivity index (χ0n) is 21.1. The first kappa shape index (κ1) is 29.9. The molecule has 0 aliphatic carbocycles. The standard InChI is InChI=1S/C13H15NS.C10H20N2O.C2H6.CH2O/c1-3-4-11-5-7-12(8-6-11)13-10(2)14-9-15-13;1-10(2,3)6-9(13)12-5-4-8(11)7-12;2*1-2/h5-9H,3-4H2,1-2H3;8H,4-7,11H2,1-3H3;1-2H3;1H2. The molecule has 2 N–H and O–H groups in total. The van der Waals surface area contributed by atoms with Crippen LogP contribution < -0.4 is 5.73 Å². The number of hydrogen-bond acceptors (Lipinski definition) is 5. The van der Waals surface area contributed by atoms with Gasteiger partial charge in [-0.05, 0) is 36.3 Å². The van der Waals surface area contributed by atoms with E-state index in [1.807, 2.05) is 31.0 Å². The Kier molecular flexibility index (Phi) is 14.7. The quantitative estimate of drug-likeness (QED) is 0.615. The molecule has 1 amide bonds. The van der Waals surface area contributed by atoms with Gasteiger partial charge in [-0.25, -0.2) is 4.98 Å². The van der Waals surface area contributed by atoms with E-state index in [4.69, 9.17) is 10.5 Å². The van der Waals surface area contributed by atoms with E-state index < -0.39 is 0 Å². The van der Waals surface area contributed by atoms with Gasteiger partial charge in [-0.15, -0.1) is 11.3 Å². The van der Waals surface area contributed by atoms with Crippen molar-refractivity contribution in [1.82, 2.24) is 9.88 Å². The number of rotatable bonds is 4. The third-order valence-electron chi connectivity index (χ3n) is 4.76. The lowest BCUT2D eigenvalue weighted by Gasteiger charge is -2.22. The normalized spacial score (nSPS) is 14.9. The van der Waals surface area contributed by atoms with Gasteiger partial charge in [0.05, 0.1) is 16.1 Å². The molecule has 32 heavy (non-hydrogen) atoms. The predicted molar refractivity (Wildman–Crippen MR) is 138 cm³/mol. The third kappa shape index (κ3) is 11.0. The van der Waals surface area contributed by atoms with Crippen molar-refractivity contribution in [3.63, 3.8) is 0 Å². The number of aromatic nitrogens is 1. The minimum Gasteiger partial charge on any atom is -0.341 e. The van der Waals surface area contributed by atoms with Crippen LogP contribution >= 0.6 is 11.3 Å². The van der Waals surface area contributed by atoms with E-state index in [0.29, 0.717) is 6.42 Å². The minimum absolute atomic E-state index is 0.0871. The summed E-state index contributed by atoms with van der Waals surface area (Å²) in [5, 5.41) is 0. The SMILES string of the molecule is C=O.CC.CC(C)(C)CC(=O)N1CCC(N)C1.CCCc1ccc(-c2scnc2C)cc1. The van der Waals surface area contributed by atoms with Crippen LogP contribution in [0.1, 0.15) is 72.1 Å². The van der Waals surface area contributed by atoms with Crippen LogP contribution in [0.2, 0.25) is 0 Å². The molecule has 3 rings (SSSR count). The smallest absolute Gasteiger partial charge is 0.223 e. The van der Waals surface area contributed by atoms with Crippen LogP contribution in [0.3, 0.4) is 0 Å². The number of carbonyl (C=O) groups is 2. The van der Waals surface area contributed by atoms with Gasteiger partial charge in [-0.3, -0.25) is 4.79 Å². The minimum atomic E-state index is 0.0871. The topological polar surface area (TPSA) is 76.3 Å². The van der Waals surface area contributed by atoms with Crippen molar-refractivity contribution in [3.8, 4) is 10.4 Å². The summed E-state index contributed by atoms with van der Waals surface area (Å²) in [5.74, 6) is 0.250. The Balaban J connectivity index is 0.000000525. The van der Waals surface area contributed by atoms with Crippen LogP contribution in [0, 0.1) is 12.3 Å². The maximum Gasteiger partial charge on any atom is 0.223 e. The molecule has 0 radical (unpaired) electrons. The van der Waals surface area contributed by atoms with Crippen molar-refractivity contribution in [3.05, 3.63) is 41.0 Å². The highest BCUT2D eigenvalue weighted by Gasteiger charge is 2.26. The van der Waals surface area contributed by atoms with Gasteiger partial charge in [0, 0.05) is 25.6 Å². The largest absolute Gasteiger partial charge is 0.341 e. The van der Waals surface area contributed by atoms with Gasteiger partial charge in [-0.1, -0.05) is 72.2 Å². The Hall–Kier alpha value is -2.05. The second-order valence-electron chi connectivity index (χ2n) is 8.84. The summed E-state index contributed by atoms with van der Waals surface area (Å²) in [4.78, 5) is 27.1. The molecule has 1 unspecified atom stereocenters. The average Bonchev–Trinajstić information content (AvgIpc) is 3.39. The van der Waals surface area contributed by atoms with Crippen LogP contribution in [0.15, 0.2) is 29.8 Å². The van der Waals surface area contributed by atoms with Crippen molar-refractivity contribution < 1.29 is 9.59 Å². The summed E-state index contributed by atoms with van der Waals surface area (Å²) in [6.45, 7) is 18.1. The molecular formula is C26H43N3O2S. The van der Waals surface area contributed by atoms with Crippen molar-refractivity contribution in [2.75, 3.05) is 13.1 Å². The number of carbonyl (C=O) groups excluding carboxylic acids is 2. The van der Waals surface area contributed by atoms with E-state index in [1.54, 1.807) is 11.3 Å². The fourth-order valence-electron chi connectivity index (χ4n) is 3.27. The number of nitrogens with two attached hydrogens (primary N) is 1. The molecule has 1 atom stereocenters. The molecule has 1 aromatic heterocycles. The van der Waals surface area contributed by atoms with Gasteiger partial charge in [0.1, 0.15) is 6.79 Å². The van der Waals surface area contributed by atoms with Crippen LogP contribution in [0.4, 0.5) is 0 Å². The van der Waals surface area contributed by atoms with E-state index in [9.17, 15) is 4.79 Å². The number of likely N-dealkylation sites (tertiary alicyclic amines) is 1. The molecule has 5 nitrogen and oxygen atoms in total. The fraction of sp³-hybridized carbons (Fsp3) is 0.577. The summed E-state index contributed by atoms with van der Waals surface area (Å²) >= 11 is 1.71. The molecule has 1 aromatic carbocycles. The van der Waals surface area contributed by atoms with Gasteiger partial charge in [0.2, 0.25) is 5.91 Å². The van der Waals surface area contributed by atoms with E-state index in [0.717, 1.165) is 25.2 Å². The number of aryl methyl sites for hydroxylation is 2. The zero-order valence-corrected chi connectivity index (χ0v) is 21.9. The molecule has 6 heteroatoms. The second kappa shape index (κ2) is 15.7. The monoisotopic (exact) mass is 461 g/mol. The van der Waals surface area contributed by atoms with Crippen molar-refractivity contribution in [2.24, 2.45) is 11.1 Å². The Morgan fingerprint density at radius 2 is 1.81 bits per heavy atom. The number of hydrogen-bond donors (Lipinski definition) is 1. The first-order chi connectivity index (χ1) is 15.2. The second-order valence-corrected chi connectivity index (χ2v) is 9.69. The van der Waals surface area contributed by atoms with Crippen LogP contribution in [-0.4, -0.2) is 41.7 Å². The molecule has 0 spiro atoms. The zero-order chi connectivity index (χ0) is 24.7. The summed E-state index contributed by atoms with van der Waals surface area (Å²) in [5.41, 5.74) is 11.6. The first-order valence-corrected chi connectivity index (χ1v) is 12.4. The van der Waals surface area contributed by atoms with Crippen molar-refractivity contribution >= 4 is 24.0 Å². The predicted octanol–water partition coefficient (Wildman–Crippen LogP) is 5.89. The maximum atomic E-state index is 11.7. The van der Waals surface area contributed by atoms with Crippen molar-refractivity contribution in [1.29, 1.82) is 0 Å². The van der Waals surface area contributed by atoms with E-state index >= 15 is 0 Å². The lowest BCUT2D eigenvalue weighted by Crippen LogP contribution is -2.33. The number of benzene rings is 1. The van der Waals surface area contributed by atoms with Crippen LogP contribution in [-0.2, 0) is 16.0 Å². The number of amides is 1. The molecule has 2 heterocycles. The molecule has 1 aliphatic rings. The highest BCUT2D eigenvalue weighted by molar-refractivity contribution is 7.13. The van der Waals surface area contributed by atoms with Gasteiger partial charge < -0.3 is 15.4 Å². The summed E-state index contributed by atoms with van der Waals surface area (Å²) in [6.07, 6.45) is 3.95. The molecule has 1 aliphatic heterocycles. The summed E-state index contributed by atoms with van der Waals surface area (Å²) in [7, 11) is 0. The van der Waals surface area contributed by atoms with Gasteiger partial charge >= 0.3 is 0 Å². The maximum absolute atomic E-state index is 11.7. The molecular weight excluding hydrogens is 418 g/mol.